The molecule has 0 N–H and O–H groups in total. The molecule has 0 aromatic carbocycles. The van der Waals surface area contributed by atoms with Gasteiger partial charge < -0.3 is 0 Å². The van der Waals surface area contributed by atoms with Crippen molar-refractivity contribution >= 4 is 0 Å². The van der Waals surface area contributed by atoms with Crippen molar-refractivity contribution in [1.82, 2.24) is 4.98 Å². The number of pyridine rings is 1. The van der Waals surface area contributed by atoms with Crippen LogP contribution in [0, 0.1) is 11.8 Å². The highest BCUT2D eigenvalue weighted by molar-refractivity contribution is 5.19. The van der Waals surface area contributed by atoms with Gasteiger partial charge in [0.15, 0.2) is 0 Å². The van der Waals surface area contributed by atoms with Crippen LogP contribution in [0.4, 0.5) is 0 Å². The molecule has 0 saturated heterocycles. The van der Waals surface area contributed by atoms with Crippen molar-refractivity contribution in [2.75, 3.05) is 0 Å². The molecule has 1 aromatic rings. The normalized spacial score (nSPS) is 11.5. The van der Waals surface area contributed by atoms with Gasteiger partial charge in [0.05, 0.1) is 11.6 Å². The van der Waals surface area contributed by atoms with Crippen LogP contribution in [-0.4, -0.2) is 4.98 Å². The molecule has 0 radical (unpaired) electrons. The first kappa shape index (κ1) is 7.81. The molecule has 0 aliphatic carbocycles. The Kier molecular flexibility index (Phi) is 2.68. The SMILES string of the molecule is CC#C[C@H](C)c1ccccn1. The quantitative estimate of drug-likeness (QED) is 0.552. The van der Waals surface area contributed by atoms with E-state index in [2.05, 4.69) is 23.7 Å². The van der Waals surface area contributed by atoms with E-state index in [1.54, 1.807) is 6.20 Å². The summed E-state index contributed by atoms with van der Waals surface area (Å²) in [5.74, 6) is 6.18. The molecule has 1 nitrogen and oxygen atoms in total. The van der Waals surface area contributed by atoms with Gasteiger partial charge in [-0.25, -0.2) is 0 Å². The van der Waals surface area contributed by atoms with Crippen LogP contribution in [-0.2, 0) is 0 Å². The summed E-state index contributed by atoms with van der Waals surface area (Å²) >= 11 is 0. The van der Waals surface area contributed by atoms with Crippen LogP contribution in [0.15, 0.2) is 24.4 Å². The zero-order valence-corrected chi connectivity index (χ0v) is 6.83. The van der Waals surface area contributed by atoms with E-state index in [1.165, 1.54) is 0 Å². The monoisotopic (exact) mass is 145 g/mol. The van der Waals surface area contributed by atoms with Crippen LogP contribution in [0.25, 0.3) is 0 Å². The molecule has 0 aliphatic heterocycles. The zero-order valence-electron chi connectivity index (χ0n) is 6.83. The molecule has 1 heterocycles. The predicted molar refractivity (Wildman–Crippen MR) is 46.1 cm³/mol. The highest BCUT2D eigenvalue weighted by Gasteiger charge is 1.99. The number of nitrogens with zero attached hydrogens (tertiary/aromatic N) is 1. The lowest BCUT2D eigenvalue weighted by Crippen LogP contribution is -1.91. The van der Waals surface area contributed by atoms with Gasteiger partial charge in [-0.1, -0.05) is 12.0 Å². The van der Waals surface area contributed by atoms with Crippen LogP contribution in [0.1, 0.15) is 25.5 Å². The van der Waals surface area contributed by atoms with Crippen molar-refractivity contribution in [1.29, 1.82) is 0 Å². The topological polar surface area (TPSA) is 12.9 Å². The molecule has 0 fully saturated rings. The van der Waals surface area contributed by atoms with Gasteiger partial charge in [0, 0.05) is 6.20 Å². The zero-order chi connectivity index (χ0) is 8.10. The van der Waals surface area contributed by atoms with E-state index in [0.717, 1.165) is 5.69 Å². The second kappa shape index (κ2) is 3.78. The minimum atomic E-state index is 0.251. The van der Waals surface area contributed by atoms with Gasteiger partial charge in [0.25, 0.3) is 0 Å². The Labute approximate surface area is 67.5 Å². The van der Waals surface area contributed by atoms with Crippen LogP contribution in [0.3, 0.4) is 0 Å². The second-order valence-corrected chi connectivity index (χ2v) is 2.37. The maximum absolute atomic E-state index is 4.19. The van der Waals surface area contributed by atoms with E-state index in [1.807, 2.05) is 25.1 Å². The Bertz CT molecular complexity index is 266. The molecule has 1 rings (SSSR count). The molecule has 0 saturated carbocycles. The van der Waals surface area contributed by atoms with Gasteiger partial charge in [-0.3, -0.25) is 4.98 Å². The van der Waals surface area contributed by atoms with Crippen molar-refractivity contribution in [3.05, 3.63) is 30.1 Å². The van der Waals surface area contributed by atoms with Gasteiger partial charge in [-0.15, -0.1) is 5.92 Å². The van der Waals surface area contributed by atoms with Gasteiger partial charge in [-0.05, 0) is 26.0 Å². The molecular formula is C10H11N. The molecule has 1 atom stereocenters. The average Bonchev–Trinajstić information content (AvgIpc) is 2.07. The lowest BCUT2D eigenvalue weighted by molar-refractivity contribution is 0.935. The number of hydrogen-bond acceptors (Lipinski definition) is 1. The maximum atomic E-state index is 4.19. The summed E-state index contributed by atoms with van der Waals surface area (Å²) in [6.45, 7) is 3.90. The maximum Gasteiger partial charge on any atom is 0.0596 e. The summed E-state index contributed by atoms with van der Waals surface area (Å²) < 4.78 is 0. The number of aromatic nitrogens is 1. The molecule has 1 aromatic heterocycles. The van der Waals surface area contributed by atoms with E-state index in [9.17, 15) is 0 Å². The fourth-order valence-electron chi connectivity index (χ4n) is 0.923. The van der Waals surface area contributed by atoms with Crippen LogP contribution in [0.2, 0.25) is 0 Å². The van der Waals surface area contributed by atoms with Gasteiger partial charge in [-0.2, -0.15) is 0 Å². The average molecular weight is 145 g/mol. The standard InChI is InChI=1S/C10H11N/c1-3-6-9(2)10-7-4-5-8-11-10/h4-5,7-9H,1-2H3/t9-/m0/s1. The number of rotatable bonds is 1. The summed E-state index contributed by atoms with van der Waals surface area (Å²) in [4.78, 5) is 4.19. The second-order valence-electron chi connectivity index (χ2n) is 2.37. The highest BCUT2D eigenvalue weighted by atomic mass is 14.7. The first-order valence-electron chi connectivity index (χ1n) is 3.68. The molecule has 56 valence electrons. The van der Waals surface area contributed by atoms with E-state index in [0.29, 0.717) is 0 Å². The largest absolute Gasteiger partial charge is 0.260 e. The molecular weight excluding hydrogens is 134 g/mol. The Balaban J connectivity index is 2.82. The highest BCUT2D eigenvalue weighted by Crippen LogP contribution is 2.08. The molecule has 0 unspecified atom stereocenters. The minimum Gasteiger partial charge on any atom is -0.260 e. The Morgan fingerprint density at radius 1 is 1.45 bits per heavy atom. The van der Waals surface area contributed by atoms with E-state index < -0.39 is 0 Å². The van der Waals surface area contributed by atoms with E-state index in [4.69, 9.17) is 0 Å². The smallest absolute Gasteiger partial charge is 0.0596 e. The van der Waals surface area contributed by atoms with E-state index in [-0.39, 0.29) is 5.92 Å². The summed E-state index contributed by atoms with van der Waals surface area (Å²) in [6, 6.07) is 5.89. The fourth-order valence-corrected chi connectivity index (χ4v) is 0.923. The van der Waals surface area contributed by atoms with Gasteiger partial charge >= 0.3 is 0 Å². The van der Waals surface area contributed by atoms with Gasteiger partial charge in [0.2, 0.25) is 0 Å². The van der Waals surface area contributed by atoms with Crippen LogP contribution in [0.5, 0.6) is 0 Å². The fraction of sp³-hybridized carbons (Fsp3) is 0.300. The van der Waals surface area contributed by atoms with Crippen LogP contribution >= 0.6 is 0 Å². The Morgan fingerprint density at radius 3 is 2.82 bits per heavy atom. The molecule has 0 aliphatic rings. The minimum absolute atomic E-state index is 0.251. The summed E-state index contributed by atoms with van der Waals surface area (Å²) in [5, 5.41) is 0. The lowest BCUT2D eigenvalue weighted by Gasteiger charge is -2.00. The third kappa shape index (κ3) is 2.09. The van der Waals surface area contributed by atoms with Crippen molar-refractivity contribution in [3.63, 3.8) is 0 Å². The lowest BCUT2D eigenvalue weighted by atomic mass is 10.1. The van der Waals surface area contributed by atoms with Gasteiger partial charge in [0.1, 0.15) is 0 Å². The molecule has 0 amide bonds. The van der Waals surface area contributed by atoms with Crippen molar-refractivity contribution < 1.29 is 0 Å². The third-order valence-corrected chi connectivity index (χ3v) is 1.49. The molecule has 11 heavy (non-hydrogen) atoms. The van der Waals surface area contributed by atoms with Crippen molar-refractivity contribution in [3.8, 4) is 11.8 Å². The Hall–Kier alpha value is -1.29. The molecule has 1 heteroatoms. The van der Waals surface area contributed by atoms with Crippen molar-refractivity contribution in [2.45, 2.75) is 19.8 Å². The first-order valence-corrected chi connectivity index (χ1v) is 3.68. The van der Waals surface area contributed by atoms with E-state index >= 15 is 0 Å². The summed E-state index contributed by atoms with van der Waals surface area (Å²) in [7, 11) is 0. The molecule has 0 bridgehead atoms. The third-order valence-electron chi connectivity index (χ3n) is 1.49. The first-order chi connectivity index (χ1) is 5.34. The predicted octanol–water partition coefficient (Wildman–Crippen LogP) is 2.21. The summed E-state index contributed by atoms with van der Waals surface area (Å²) in [6.07, 6.45) is 1.79. The Morgan fingerprint density at radius 2 is 2.27 bits per heavy atom. The number of hydrogen-bond donors (Lipinski definition) is 0. The van der Waals surface area contributed by atoms with Crippen LogP contribution < -0.4 is 0 Å². The summed E-state index contributed by atoms with van der Waals surface area (Å²) in [5.41, 5.74) is 1.04. The van der Waals surface area contributed by atoms with Crippen molar-refractivity contribution in [2.24, 2.45) is 0 Å². The molecule has 0 spiro atoms.